The van der Waals surface area contributed by atoms with Crippen LogP contribution in [0.25, 0.3) is 11.3 Å². The lowest BCUT2D eigenvalue weighted by Crippen LogP contribution is -2.34. The number of benzene rings is 2. The highest BCUT2D eigenvalue weighted by atomic mass is 35.5. The van der Waals surface area contributed by atoms with Crippen molar-refractivity contribution in [2.75, 3.05) is 11.4 Å². The van der Waals surface area contributed by atoms with Crippen LogP contribution in [0.5, 0.6) is 0 Å². The maximum Gasteiger partial charge on any atom is 0.232 e. The summed E-state index contributed by atoms with van der Waals surface area (Å²) in [5.41, 5.74) is 6.29. The molecule has 6 heteroatoms. The van der Waals surface area contributed by atoms with Gasteiger partial charge in [0.1, 0.15) is 18.3 Å². The van der Waals surface area contributed by atoms with E-state index in [9.17, 15) is 0 Å². The van der Waals surface area contributed by atoms with Crippen LogP contribution in [-0.4, -0.2) is 22.3 Å². The zero-order chi connectivity index (χ0) is 24.5. The minimum atomic E-state index is -0.118. The molecule has 0 saturated heterocycles. The molecule has 0 saturated carbocycles. The van der Waals surface area contributed by atoms with E-state index in [2.05, 4.69) is 74.8 Å². The van der Waals surface area contributed by atoms with Crippen LogP contribution in [0.1, 0.15) is 50.2 Å². The molecule has 1 aliphatic heterocycles. The minimum Gasteiger partial charge on any atom is -0.472 e. The largest absolute Gasteiger partial charge is 0.472 e. The number of hydrogen-bond donors (Lipinski definition) is 0. The van der Waals surface area contributed by atoms with Crippen molar-refractivity contribution in [3.05, 3.63) is 88.2 Å². The van der Waals surface area contributed by atoms with Crippen LogP contribution in [-0.2, 0) is 16.8 Å². The Morgan fingerprint density at radius 1 is 1.03 bits per heavy atom. The Kier molecular flexibility index (Phi) is 6.76. The van der Waals surface area contributed by atoms with Gasteiger partial charge in [0.05, 0.1) is 17.3 Å². The van der Waals surface area contributed by atoms with Crippen molar-refractivity contribution in [2.45, 2.75) is 53.6 Å². The van der Waals surface area contributed by atoms with E-state index in [4.69, 9.17) is 26.3 Å². The van der Waals surface area contributed by atoms with Gasteiger partial charge >= 0.3 is 0 Å². The van der Waals surface area contributed by atoms with E-state index in [0.29, 0.717) is 24.1 Å². The van der Waals surface area contributed by atoms with Crippen molar-refractivity contribution in [2.24, 2.45) is 4.99 Å². The average Bonchev–Trinajstić information content (AvgIpc) is 2.79. The van der Waals surface area contributed by atoms with Crippen molar-refractivity contribution in [1.29, 1.82) is 0 Å². The van der Waals surface area contributed by atoms with Gasteiger partial charge in [-0.2, -0.15) is 4.99 Å². The highest BCUT2D eigenvalue weighted by Crippen LogP contribution is 2.32. The molecule has 176 valence electrons. The molecular weight excluding hydrogens is 444 g/mol. The summed E-state index contributed by atoms with van der Waals surface area (Å²) in [5, 5.41) is 0.583. The van der Waals surface area contributed by atoms with Gasteiger partial charge in [0.25, 0.3) is 0 Å². The Morgan fingerprint density at radius 3 is 2.56 bits per heavy atom. The first-order valence-corrected chi connectivity index (χ1v) is 11.8. The molecule has 3 aromatic rings. The van der Waals surface area contributed by atoms with E-state index in [0.717, 1.165) is 39.7 Å². The minimum absolute atomic E-state index is 0.118. The lowest BCUT2D eigenvalue weighted by molar-refractivity contribution is 0.194. The topological polar surface area (TPSA) is 50.6 Å². The maximum absolute atomic E-state index is 6.66. The van der Waals surface area contributed by atoms with E-state index in [1.54, 1.807) is 0 Å². The summed E-state index contributed by atoms with van der Waals surface area (Å²) in [6.07, 6.45) is 1.83. The summed E-state index contributed by atoms with van der Waals surface area (Å²) in [6, 6.07) is 16.5. The fourth-order valence-electron chi connectivity index (χ4n) is 3.85. The van der Waals surface area contributed by atoms with E-state index in [1.165, 1.54) is 5.56 Å². The monoisotopic (exact) mass is 474 g/mol. The number of halogens is 1. The van der Waals surface area contributed by atoms with E-state index >= 15 is 0 Å². The first kappa shape index (κ1) is 24.0. The second kappa shape index (κ2) is 9.59. The quantitative estimate of drug-likeness (QED) is 0.402. The van der Waals surface area contributed by atoms with E-state index in [1.807, 2.05) is 31.3 Å². The van der Waals surface area contributed by atoms with Crippen LogP contribution in [0.2, 0.25) is 0 Å². The second-order valence-corrected chi connectivity index (χ2v) is 10.2. The first-order valence-electron chi connectivity index (χ1n) is 11.5. The molecular formula is C28H31ClN4O. The van der Waals surface area contributed by atoms with Crippen LogP contribution in [0, 0.1) is 13.8 Å². The number of hydrogen-bond acceptors (Lipinski definition) is 5. The van der Waals surface area contributed by atoms with Gasteiger partial charge in [-0.1, -0.05) is 74.3 Å². The molecule has 0 aliphatic carbocycles. The fourth-order valence-corrected chi connectivity index (χ4v) is 4.07. The predicted octanol–water partition coefficient (Wildman–Crippen LogP) is 6.92. The van der Waals surface area contributed by atoms with Crippen molar-refractivity contribution >= 4 is 23.1 Å². The molecule has 0 bridgehead atoms. The number of rotatable bonds is 5. The summed E-state index contributed by atoms with van der Waals surface area (Å²) in [6.45, 7) is 13.4. The van der Waals surface area contributed by atoms with Gasteiger partial charge < -0.3 is 9.64 Å². The summed E-state index contributed by atoms with van der Waals surface area (Å²) >= 11 is 6.66. The Balaban J connectivity index is 1.58. The van der Waals surface area contributed by atoms with Gasteiger partial charge in [-0.05, 0) is 44.0 Å². The highest BCUT2D eigenvalue weighted by Gasteiger charge is 2.23. The second-order valence-electron chi connectivity index (χ2n) is 9.75. The third-order valence-electron chi connectivity index (χ3n) is 5.76. The number of ether oxygens (including phenoxy) is 1. The zero-order valence-electron chi connectivity index (χ0n) is 20.7. The summed E-state index contributed by atoms with van der Waals surface area (Å²) in [7, 11) is 0. The fraction of sp³-hybridized carbons (Fsp3) is 0.321. The van der Waals surface area contributed by atoms with Gasteiger partial charge in [0, 0.05) is 22.9 Å². The normalized spacial score (nSPS) is 14.3. The van der Waals surface area contributed by atoms with Crippen LogP contribution >= 0.6 is 11.6 Å². The average molecular weight is 475 g/mol. The molecule has 1 aliphatic rings. The predicted molar refractivity (Wildman–Crippen MR) is 140 cm³/mol. The van der Waals surface area contributed by atoms with Crippen molar-refractivity contribution < 1.29 is 4.74 Å². The Morgan fingerprint density at radius 2 is 1.82 bits per heavy atom. The molecule has 34 heavy (non-hydrogen) atoms. The SMILES string of the molecule is CC1=NC(OCc2cccc(C)c2)=C(Cl)CN1c1cc(-c2ccnc(C(C)(C)C)n2)ccc1C. The molecule has 0 spiro atoms. The molecule has 0 amide bonds. The van der Waals surface area contributed by atoms with Crippen LogP contribution in [0.4, 0.5) is 5.69 Å². The Hall–Kier alpha value is -3.18. The lowest BCUT2D eigenvalue weighted by Gasteiger charge is -2.30. The number of amidine groups is 1. The van der Waals surface area contributed by atoms with Gasteiger partial charge in [0.15, 0.2) is 0 Å². The summed E-state index contributed by atoms with van der Waals surface area (Å²) < 4.78 is 5.98. The number of aliphatic imine (C=N–C) groups is 1. The van der Waals surface area contributed by atoms with E-state index < -0.39 is 0 Å². The Labute approximate surface area is 207 Å². The van der Waals surface area contributed by atoms with Crippen LogP contribution < -0.4 is 4.90 Å². The molecule has 0 atom stereocenters. The van der Waals surface area contributed by atoms with Crippen LogP contribution in [0.15, 0.2) is 70.6 Å². The zero-order valence-corrected chi connectivity index (χ0v) is 21.4. The molecule has 0 fully saturated rings. The smallest absolute Gasteiger partial charge is 0.232 e. The van der Waals surface area contributed by atoms with Gasteiger partial charge in [-0.25, -0.2) is 9.97 Å². The molecule has 2 aromatic carbocycles. The van der Waals surface area contributed by atoms with Gasteiger partial charge in [-0.3, -0.25) is 0 Å². The number of nitrogens with zero attached hydrogens (tertiary/aromatic N) is 4. The van der Waals surface area contributed by atoms with Crippen molar-refractivity contribution in [3.63, 3.8) is 0 Å². The maximum atomic E-state index is 6.66. The number of aryl methyl sites for hydroxylation is 2. The molecule has 0 unspecified atom stereocenters. The molecule has 0 radical (unpaired) electrons. The molecule has 2 heterocycles. The highest BCUT2D eigenvalue weighted by molar-refractivity contribution is 6.31. The molecule has 4 rings (SSSR count). The molecule has 5 nitrogen and oxygen atoms in total. The third-order valence-corrected chi connectivity index (χ3v) is 6.04. The van der Waals surface area contributed by atoms with Gasteiger partial charge in [-0.15, -0.1) is 0 Å². The number of aromatic nitrogens is 2. The molecule has 1 aromatic heterocycles. The van der Waals surface area contributed by atoms with Gasteiger partial charge in [0.2, 0.25) is 5.88 Å². The standard InChI is InChI=1S/C28H31ClN4O/c1-18-8-7-9-21(14-18)17-34-26-23(29)16-33(20(3)31-26)25-15-22(11-10-19(25)2)24-12-13-30-27(32-24)28(4,5)6/h7-15H,16-17H2,1-6H3. The number of anilines is 1. The summed E-state index contributed by atoms with van der Waals surface area (Å²) in [4.78, 5) is 16.1. The van der Waals surface area contributed by atoms with E-state index in [-0.39, 0.29) is 5.41 Å². The van der Waals surface area contributed by atoms with Crippen molar-refractivity contribution in [1.82, 2.24) is 9.97 Å². The summed E-state index contributed by atoms with van der Waals surface area (Å²) in [5.74, 6) is 2.14. The van der Waals surface area contributed by atoms with Crippen LogP contribution in [0.3, 0.4) is 0 Å². The first-order chi connectivity index (χ1) is 16.1. The lowest BCUT2D eigenvalue weighted by atomic mass is 9.95. The van der Waals surface area contributed by atoms with Crippen molar-refractivity contribution in [3.8, 4) is 11.3 Å². The Bertz CT molecular complexity index is 1270. The molecule has 0 N–H and O–H groups in total. The third kappa shape index (κ3) is 5.31.